The molecule has 1 fully saturated rings. The van der Waals surface area contributed by atoms with E-state index in [1.807, 2.05) is 61.3 Å². The van der Waals surface area contributed by atoms with Crippen LogP contribution in [0.2, 0.25) is 0 Å². The summed E-state index contributed by atoms with van der Waals surface area (Å²) in [6.45, 7) is 4.57. The molecule has 0 aromatic heterocycles. The smallest absolute Gasteiger partial charge is 0.243 e. The summed E-state index contributed by atoms with van der Waals surface area (Å²) in [7, 11) is 0. The lowest BCUT2D eigenvalue weighted by Gasteiger charge is -2.39. The molecule has 122 valence electrons. The second-order valence-electron chi connectivity index (χ2n) is 6.79. The molecule has 4 rings (SSSR count). The zero-order valence-corrected chi connectivity index (χ0v) is 13.8. The number of nitrogens with zero attached hydrogens (tertiary/aromatic N) is 2. The number of benzene rings is 2. The zero-order valence-electron chi connectivity index (χ0n) is 13.8. The van der Waals surface area contributed by atoms with Gasteiger partial charge in [0.25, 0.3) is 0 Å². The fourth-order valence-electron chi connectivity index (χ4n) is 3.73. The third-order valence-corrected chi connectivity index (χ3v) is 4.68. The Morgan fingerprint density at radius 2 is 1.79 bits per heavy atom. The van der Waals surface area contributed by atoms with Crippen molar-refractivity contribution in [2.75, 3.05) is 11.6 Å². The Morgan fingerprint density at radius 3 is 2.54 bits per heavy atom. The summed E-state index contributed by atoms with van der Waals surface area (Å²) in [5.74, 6) is -0.194. The predicted octanol–water partition coefficient (Wildman–Crippen LogP) is 4.00. The SMILES string of the molecule is CC1(C)C=C(c2ccccc2)c2c(F)cccc2N2CCC(=O)N21. The standard InChI is InChI=1S/C20H19FN2O/c1-20(2)13-15(14-7-4-3-5-8-14)19-16(21)9-6-10-17(19)22-12-11-18(24)23(20)22/h3-10,13H,11-12H2,1-2H3. The van der Waals surface area contributed by atoms with E-state index in [0.717, 1.165) is 16.8 Å². The molecule has 3 nitrogen and oxygen atoms in total. The highest BCUT2D eigenvalue weighted by Gasteiger charge is 2.42. The molecule has 2 heterocycles. The van der Waals surface area contributed by atoms with Crippen molar-refractivity contribution in [2.45, 2.75) is 25.8 Å². The van der Waals surface area contributed by atoms with Crippen LogP contribution in [-0.2, 0) is 4.79 Å². The molecule has 0 N–H and O–H groups in total. The van der Waals surface area contributed by atoms with Gasteiger partial charge in [-0.25, -0.2) is 9.40 Å². The second kappa shape index (κ2) is 5.20. The number of anilines is 1. The average Bonchev–Trinajstić information content (AvgIpc) is 2.91. The Hall–Kier alpha value is -2.62. The minimum absolute atomic E-state index is 0.0702. The lowest BCUT2D eigenvalue weighted by atomic mass is 9.91. The quantitative estimate of drug-likeness (QED) is 0.792. The molecule has 0 unspecified atom stereocenters. The molecule has 2 aliphatic heterocycles. The maximum absolute atomic E-state index is 14.8. The van der Waals surface area contributed by atoms with Gasteiger partial charge in [0.15, 0.2) is 0 Å². The van der Waals surface area contributed by atoms with E-state index in [-0.39, 0.29) is 11.7 Å². The molecule has 2 aromatic carbocycles. The predicted molar refractivity (Wildman–Crippen MR) is 92.8 cm³/mol. The van der Waals surface area contributed by atoms with Gasteiger partial charge in [-0.1, -0.05) is 36.4 Å². The fraction of sp³-hybridized carbons (Fsp3) is 0.250. The first kappa shape index (κ1) is 14.9. The van der Waals surface area contributed by atoms with Gasteiger partial charge < -0.3 is 0 Å². The minimum Gasteiger partial charge on any atom is -0.281 e. The van der Waals surface area contributed by atoms with Crippen LogP contribution in [0, 0.1) is 5.82 Å². The van der Waals surface area contributed by atoms with Gasteiger partial charge in [0.05, 0.1) is 11.2 Å². The number of rotatable bonds is 1. The molecule has 0 spiro atoms. The van der Waals surface area contributed by atoms with E-state index >= 15 is 0 Å². The van der Waals surface area contributed by atoms with E-state index < -0.39 is 5.54 Å². The first-order valence-corrected chi connectivity index (χ1v) is 8.17. The molecule has 0 radical (unpaired) electrons. The van der Waals surface area contributed by atoms with Crippen LogP contribution in [0.25, 0.3) is 5.57 Å². The van der Waals surface area contributed by atoms with Crippen molar-refractivity contribution in [3.8, 4) is 0 Å². The number of halogens is 1. The number of hydrogen-bond acceptors (Lipinski definition) is 2. The summed E-state index contributed by atoms with van der Waals surface area (Å²) in [4.78, 5) is 12.5. The first-order chi connectivity index (χ1) is 11.5. The van der Waals surface area contributed by atoms with E-state index in [1.165, 1.54) is 6.07 Å². The summed E-state index contributed by atoms with van der Waals surface area (Å²) >= 11 is 0. The first-order valence-electron chi connectivity index (χ1n) is 8.17. The number of hydrogen-bond donors (Lipinski definition) is 0. The average molecular weight is 322 g/mol. The highest BCUT2D eigenvalue weighted by Crippen LogP contribution is 2.42. The summed E-state index contributed by atoms with van der Waals surface area (Å²) in [6, 6.07) is 14.9. The van der Waals surface area contributed by atoms with Gasteiger partial charge in [0.1, 0.15) is 5.82 Å². The van der Waals surface area contributed by atoms with E-state index in [1.54, 1.807) is 11.1 Å². The van der Waals surface area contributed by atoms with Crippen molar-refractivity contribution in [2.24, 2.45) is 0 Å². The van der Waals surface area contributed by atoms with Gasteiger partial charge in [-0.3, -0.25) is 9.80 Å². The lowest BCUT2D eigenvalue weighted by molar-refractivity contribution is -0.131. The van der Waals surface area contributed by atoms with E-state index in [2.05, 4.69) is 0 Å². The van der Waals surface area contributed by atoms with Gasteiger partial charge in [-0.15, -0.1) is 0 Å². The van der Waals surface area contributed by atoms with Crippen LogP contribution in [0.3, 0.4) is 0 Å². The van der Waals surface area contributed by atoms with Crippen LogP contribution < -0.4 is 5.01 Å². The number of fused-ring (bicyclic) bond motifs is 3. The third kappa shape index (κ3) is 2.13. The molecular weight excluding hydrogens is 303 g/mol. The van der Waals surface area contributed by atoms with Crippen LogP contribution in [0.15, 0.2) is 54.6 Å². The van der Waals surface area contributed by atoms with Crippen molar-refractivity contribution in [1.82, 2.24) is 5.01 Å². The summed E-state index contributed by atoms with van der Waals surface area (Å²) in [5.41, 5.74) is 2.56. The van der Waals surface area contributed by atoms with Crippen molar-refractivity contribution in [3.63, 3.8) is 0 Å². The van der Waals surface area contributed by atoms with Gasteiger partial charge >= 0.3 is 0 Å². The van der Waals surface area contributed by atoms with Gasteiger partial charge in [-0.05, 0) is 43.2 Å². The van der Waals surface area contributed by atoms with Crippen LogP contribution in [0.1, 0.15) is 31.4 Å². The molecule has 0 saturated carbocycles. The normalized spacial score (nSPS) is 18.8. The highest BCUT2D eigenvalue weighted by molar-refractivity contribution is 5.92. The van der Waals surface area contributed by atoms with Gasteiger partial charge in [0.2, 0.25) is 5.91 Å². The number of amides is 1. The zero-order chi connectivity index (χ0) is 16.9. The Kier molecular flexibility index (Phi) is 3.23. The van der Waals surface area contributed by atoms with Crippen molar-refractivity contribution in [3.05, 3.63) is 71.6 Å². The molecule has 2 aromatic rings. The Labute approximate surface area is 141 Å². The maximum Gasteiger partial charge on any atom is 0.243 e. The van der Waals surface area contributed by atoms with Crippen molar-refractivity contribution in [1.29, 1.82) is 0 Å². The molecule has 0 atom stereocenters. The molecule has 1 amide bonds. The van der Waals surface area contributed by atoms with E-state index in [0.29, 0.717) is 18.5 Å². The Morgan fingerprint density at radius 1 is 1.04 bits per heavy atom. The fourth-order valence-corrected chi connectivity index (χ4v) is 3.73. The third-order valence-electron chi connectivity index (χ3n) is 4.68. The molecule has 0 bridgehead atoms. The van der Waals surface area contributed by atoms with Crippen LogP contribution >= 0.6 is 0 Å². The number of carbonyl (C=O) groups excluding carboxylic acids is 1. The molecule has 0 aliphatic carbocycles. The lowest BCUT2D eigenvalue weighted by Crippen LogP contribution is -2.51. The van der Waals surface area contributed by atoms with E-state index in [9.17, 15) is 9.18 Å². The molecular formula is C20H19FN2O. The summed E-state index contributed by atoms with van der Waals surface area (Å²) in [5, 5.41) is 3.69. The number of carbonyl (C=O) groups is 1. The summed E-state index contributed by atoms with van der Waals surface area (Å²) < 4.78 is 14.8. The van der Waals surface area contributed by atoms with E-state index in [4.69, 9.17) is 0 Å². The highest BCUT2D eigenvalue weighted by atomic mass is 19.1. The molecule has 4 heteroatoms. The van der Waals surface area contributed by atoms with Crippen molar-refractivity contribution >= 4 is 17.2 Å². The van der Waals surface area contributed by atoms with Crippen molar-refractivity contribution < 1.29 is 9.18 Å². The molecule has 2 aliphatic rings. The largest absolute Gasteiger partial charge is 0.281 e. The monoisotopic (exact) mass is 322 g/mol. The molecule has 24 heavy (non-hydrogen) atoms. The van der Waals surface area contributed by atoms with Crippen LogP contribution in [0.4, 0.5) is 10.1 Å². The van der Waals surface area contributed by atoms with Gasteiger partial charge in [-0.2, -0.15) is 0 Å². The van der Waals surface area contributed by atoms with Gasteiger partial charge in [0, 0.05) is 18.5 Å². The second-order valence-corrected chi connectivity index (χ2v) is 6.79. The van der Waals surface area contributed by atoms with Crippen LogP contribution in [0.5, 0.6) is 0 Å². The maximum atomic E-state index is 14.8. The summed E-state index contributed by atoms with van der Waals surface area (Å²) in [6.07, 6.45) is 2.46. The topological polar surface area (TPSA) is 23.6 Å². The Bertz CT molecular complexity index is 842. The van der Waals surface area contributed by atoms with Crippen LogP contribution in [-0.4, -0.2) is 23.0 Å². The minimum atomic E-state index is -0.537. The number of hydrazine groups is 1. The Balaban J connectivity index is 2.03. The molecule has 1 saturated heterocycles.